The van der Waals surface area contributed by atoms with Crippen molar-refractivity contribution in [2.24, 2.45) is 0 Å². The van der Waals surface area contributed by atoms with Gasteiger partial charge in [0.15, 0.2) is 0 Å². The second-order valence-corrected chi connectivity index (χ2v) is 5.71. The molecular weight excluding hydrogens is 306 g/mol. The Morgan fingerprint density at radius 1 is 1.33 bits per heavy atom. The van der Waals surface area contributed by atoms with Crippen molar-refractivity contribution in [3.8, 4) is 0 Å². The number of piperazine rings is 1. The van der Waals surface area contributed by atoms with Crippen molar-refractivity contribution in [2.75, 3.05) is 25.0 Å². The van der Waals surface area contributed by atoms with Gasteiger partial charge in [-0.2, -0.15) is 0 Å². The van der Waals surface area contributed by atoms with Crippen molar-refractivity contribution < 1.29 is 14.4 Å². The van der Waals surface area contributed by atoms with Gasteiger partial charge in [-0.3, -0.25) is 14.4 Å². The van der Waals surface area contributed by atoms with Crippen molar-refractivity contribution in [2.45, 2.75) is 26.3 Å². The molecule has 0 radical (unpaired) electrons. The lowest BCUT2D eigenvalue weighted by molar-refractivity contribution is -0.150. The molecule has 1 atom stereocenters. The van der Waals surface area contributed by atoms with Crippen LogP contribution in [-0.2, 0) is 20.8 Å². The number of hydrogen-bond donors (Lipinski definition) is 1. The van der Waals surface area contributed by atoms with Gasteiger partial charge in [-0.05, 0) is 31.6 Å². The van der Waals surface area contributed by atoms with Crippen LogP contribution < -0.4 is 5.32 Å². The molecule has 0 saturated carbocycles. The molecule has 6 heteroatoms. The Hall–Kier alpha value is -2.63. The first kappa shape index (κ1) is 17.7. The lowest BCUT2D eigenvalue weighted by Crippen LogP contribution is -2.57. The van der Waals surface area contributed by atoms with Crippen LogP contribution in [0.5, 0.6) is 0 Å². The Morgan fingerprint density at radius 3 is 2.71 bits per heavy atom. The van der Waals surface area contributed by atoms with E-state index in [2.05, 4.69) is 11.9 Å². The molecule has 1 unspecified atom stereocenters. The molecule has 0 spiro atoms. The van der Waals surface area contributed by atoms with E-state index in [0.29, 0.717) is 25.3 Å². The standard InChI is InChI=1S/C18H23N3O3/c1-4-16(22)19-15-9-7-6-8-14(15)12-17(23)21-11-10-20(5-2)18(24)13(21)3/h4,6-9,13H,1,5,10-12H2,2-3H3,(H,19,22). The molecule has 1 aromatic rings. The summed E-state index contributed by atoms with van der Waals surface area (Å²) in [6.45, 7) is 8.85. The van der Waals surface area contributed by atoms with Crippen LogP contribution in [-0.4, -0.2) is 53.2 Å². The second-order valence-electron chi connectivity index (χ2n) is 5.71. The largest absolute Gasteiger partial charge is 0.339 e. The van der Waals surface area contributed by atoms with Gasteiger partial charge in [-0.25, -0.2) is 0 Å². The van der Waals surface area contributed by atoms with Crippen LogP contribution in [0.15, 0.2) is 36.9 Å². The van der Waals surface area contributed by atoms with E-state index in [1.54, 1.807) is 34.9 Å². The summed E-state index contributed by atoms with van der Waals surface area (Å²) in [6, 6.07) is 6.69. The Labute approximate surface area is 142 Å². The quantitative estimate of drug-likeness (QED) is 0.831. The van der Waals surface area contributed by atoms with E-state index in [1.807, 2.05) is 13.0 Å². The highest BCUT2D eigenvalue weighted by Crippen LogP contribution is 2.19. The first-order valence-corrected chi connectivity index (χ1v) is 8.07. The summed E-state index contributed by atoms with van der Waals surface area (Å²) >= 11 is 0. The van der Waals surface area contributed by atoms with Crippen LogP contribution in [0.3, 0.4) is 0 Å². The molecule has 1 aromatic carbocycles. The number of carbonyl (C=O) groups is 3. The highest BCUT2D eigenvalue weighted by Gasteiger charge is 2.33. The van der Waals surface area contributed by atoms with E-state index in [4.69, 9.17) is 0 Å². The number of likely N-dealkylation sites (N-methyl/N-ethyl adjacent to an activating group) is 1. The lowest BCUT2D eigenvalue weighted by Gasteiger charge is -2.38. The molecule has 24 heavy (non-hydrogen) atoms. The fourth-order valence-electron chi connectivity index (χ4n) is 2.83. The summed E-state index contributed by atoms with van der Waals surface area (Å²) < 4.78 is 0. The third-order valence-corrected chi connectivity index (χ3v) is 4.25. The fourth-order valence-corrected chi connectivity index (χ4v) is 2.83. The van der Waals surface area contributed by atoms with Gasteiger partial charge < -0.3 is 15.1 Å². The van der Waals surface area contributed by atoms with Crippen molar-refractivity contribution >= 4 is 23.4 Å². The van der Waals surface area contributed by atoms with Crippen LogP contribution in [0, 0.1) is 0 Å². The first-order valence-electron chi connectivity index (χ1n) is 8.07. The van der Waals surface area contributed by atoms with Crippen molar-refractivity contribution in [1.82, 2.24) is 9.80 Å². The number of hydrogen-bond acceptors (Lipinski definition) is 3. The van der Waals surface area contributed by atoms with Gasteiger partial charge in [-0.15, -0.1) is 0 Å². The Morgan fingerprint density at radius 2 is 2.04 bits per heavy atom. The zero-order chi connectivity index (χ0) is 17.7. The molecular formula is C18H23N3O3. The van der Waals surface area contributed by atoms with E-state index < -0.39 is 6.04 Å². The van der Waals surface area contributed by atoms with Crippen molar-refractivity contribution in [3.05, 3.63) is 42.5 Å². The van der Waals surface area contributed by atoms with Gasteiger partial charge in [0.2, 0.25) is 17.7 Å². The number of nitrogens with zero attached hydrogens (tertiary/aromatic N) is 2. The molecule has 0 bridgehead atoms. The van der Waals surface area contributed by atoms with Crippen molar-refractivity contribution in [3.63, 3.8) is 0 Å². The summed E-state index contributed by atoms with van der Waals surface area (Å²) in [7, 11) is 0. The number of anilines is 1. The van der Waals surface area contributed by atoms with Gasteiger partial charge >= 0.3 is 0 Å². The Kier molecular flexibility index (Phi) is 5.73. The van der Waals surface area contributed by atoms with E-state index in [0.717, 1.165) is 5.56 Å². The molecule has 1 saturated heterocycles. The maximum atomic E-state index is 12.6. The van der Waals surface area contributed by atoms with Gasteiger partial charge in [-0.1, -0.05) is 24.8 Å². The summed E-state index contributed by atoms with van der Waals surface area (Å²) in [5.74, 6) is -0.466. The van der Waals surface area contributed by atoms with Crippen LogP contribution in [0.25, 0.3) is 0 Å². The van der Waals surface area contributed by atoms with Gasteiger partial charge in [0, 0.05) is 25.3 Å². The van der Waals surface area contributed by atoms with Crippen LogP contribution in [0.4, 0.5) is 5.69 Å². The molecule has 0 aliphatic carbocycles. The third kappa shape index (κ3) is 3.82. The highest BCUT2D eigenvalue weighted by molar-refractivity contribution is 6.00. The molecule has 0 aromatic heterocycles. The molecule has 128 valence electrons. The Bertz CT molecular complexity index is 657. The molecule has 1 N–H and O–H groups in total. The van der Waals surface area contributed by atoms with E-state index in [-0.39, 0.29) is 24.1 Å². The number of para-hydroxylation sites is 1. The number of amides is 3. The Balaban J connectivity index is 2.11. The third-order valence-electron chi connectivity index (χ3n) is 4.25. The number of carbonyl (C=O) groups excluding carboxylic acids is 3. The highest BCUT2D eigenvalue weighted by atomic mass is 16.2. The predicted molar refractivity (Wildman–Crippen MR) is 92.4 cm³/mol. The first-order chi connectivity index (χ1) is 11.5. The second kappa shape index (κ2) is 7.77. The fraction of sp³-hybridized carbons (Fsp3) is 0.389. The zero-order valence-corrected chi connectivity index (χ0v) is 14.1. The molecule has 1 aliphatic heterocycles. The minimum Gasteiger partial charge on any atom is -0.339 e. The maximum Gasteiger partial charge on any atom is 0.247 e. The monoisotopic (exact) mass is 329 g/mol. The summed E-state index contributed by atoms with van der Waals surface area (Å²) in [5.41, 5.74) is 1.30. The van der Waals surface area contributed by atoms with Crippen molar-refractivity contribution in [1.29, 1.82) is 0 Å². The number of rotatable bonds is 5. The van der Waals surface area contributed by atoms with Crippen LogP contribution >= 0.6 is 0 Å². The normalized spacial score (nSPS) is 17.6. The van der Waals surface area contributed by atoms with Gasteiger partial charge in [0.25, 0.3) is 0 Å². The van der Waals surface area contributed by atoms with Crippen LogP contribution in [0.2, 0.25) is 0 Å². The van der Waals surface area contributed by atoms with E-state index >= 15 is 0 Å². The molecule has 3 amide bonds. The SMILES string of the molecule is C=CC(=O)Nc1ccccc1CC(=O)N1CCN(CC)C(=O)C1C. The minimum atomic E-state index is -0.457. The molecule has 1 fully saturated rings. The van der Waals surface area contributed by atoms with Crippen LogP contribution in [0.1, 0.15) is 19.4 Å². The average molecular weight is 329 g/mol. The topological polar surface area (TPSA) is 69.7 Å². The minimum absolute atomic E-state index is 0.0228. The predicted octanol–water partition coefficient (Wildman–Crippen LogP) is 1.43. The molecule has 1 heterocycles. The van der Waals surface area contributed by atoms with E-state index in [9.17, 15) is 14.4 Å². The lowest BCUT2D eigenvalue weighted by atomic mass is 10.1. The summed E-state index contributed by atoms with van der Waals surface area (Å²) in [4.78, 5) is 39.8. The van der Waals surface area contributed by atoms with E-state index in [1.165, 1.54) is 6.08 Å². The average Bonchev–Trinajstić information content (AvgIpc) is 2.58. The number of benzene rings is 1. The summed E-state index contributed by atoms with van der Waals surface area (Å²) in [6.07, 6.45) is 1.32. The summed E-state index contributed by atoms with van der Waals surface area (Å²) in [5, 5.41) is 2.70. The van der Waals surface area contributed by atoms with Gasteiger partial charge in [0.1, 0.15) is 6.04 Å². The molecule has 1 aliphatic rings. The molecule has 6 nitrogen and oxygen atoms in total. The van der Waals surface area contributed by atoms with Gasteiger partial charge in [0.05, 0.1) is 6.42 Å². The molecule has 2 rings (SSSR count). The number of nitrogens with one attached hydrogen (secondary N) is 1. The smallest absolute Gasteiger partial charge is 0.247 e. The maximum absolute atomic E-state index is 12.6. The zero-order valence-electron chi connectivity index (χ0n) is 14.1.